The largest absolute Gasteiger partial charge is 0.478 e. The van der Waals surface area contributed by atoms with Crippen molar-refractivity contribution in [2.45, 2.75) is 78.1 Å². The Kier molecular flexibility index (Phi) is 15.3. The molecule has 45 heavy (non-hydrogen) atoms. The number of rotatable bonds is 18. The molecule has 5 atom stereocenters. The summed E-state index contributed by atoms with van der Waals surface area (Å²) in [6.07, 6.45) is 2.61. The van der Waals surface area contributed by atoms with E-state index in [0.717, 1.165) is 12.0 Å². The van der Waals surface area contributed by atoms with Crippen molar-refractivity contribution in [2.75, 3.05) is 27.7 Å². The van der Waals surface area contributed by atoms with Gasteiger partial charge in [-0.1, -0.05) is 70.5 Å². The SMILES string of the molecule is CCC(C)[C@H](NC(=O)CNC)C(=O)N(C)[C@H](CC(OC)c1nc(C(=O)N[C@H](/C=C(\C)C(=O)O)Cc2ccccc2)cs1)C(C)C. The van der Waals surface area contributed by atoms with Gasteiger partial charge in [-0.2, -0.15) is 0 Å². The van der Waals surface area contributed by atoms with Crippen LogP contribution in [0.25, 0.3) is 0 Å². The molecule has 12 heteroatoms. The van der Waals surface area contributed by atoms with E-state index in [1.807, 2.05) is 58.0 Å². The molecule has 2 rings (SSSR count). The van der Waals surface area contributed by atoms with Gasteiger partial charge in [0, 0.05) is 37.6 Å². The molecule has 1 aromatic heterocycles. The molecule has 0 saturated heterocycles. The van der Waals surface area contributed by atoms with Gasteiger partial charge in [0.15, 0.2) is 0 Å². The molecular weight excluding hydrogens is 594 g/mol. The van der Waals surface area contributed by atoms with Crippen molar-refractivity contribution in [2.24, 2.45) is 11.8 Å². The van der Waals surface area contributed by atoms with Crippen LogP contribution in [0.2, 0.25) is 0 Å². The number of aliphatic carboxylic acids is 1. The molecule has 0 aliphatic carbocycles. The number of nitrogens with zero attached hydrogens (tertiary/aromatic N) is 2. The molecule has 248 valence electrons. The lowest BCUT2D eigenvalue weighted by Gasteiger charge is -2.37. The number of carboxylic acids is 1. The Bertz CT molecular complexity index is 1300. The van der Waals surface area contributed by atoms with E-state index in [2.05, 4.69) is 20.9 Å². The molecule has 1 heterocycles. The van der Waals surface area contributed by atoms with Crippen molar-refractivity contribution in [3.05, 3.63) is 63.6 Å². The summed E-state index contributed by atoms with van der Waals surface area (Å²) in [5.74, 6) is -1.90. The summed E-state index contributed by atoms with van der Waals surface area (Å²) in [5, 5.41) is 20.3. The van der Waals surface area contributed by atoms with Gasteiger partial charge in [0.2, 0.25) is 11.8 Å². The lowest BCUT2D eigenvalue weighted by atomic mass is 9.93. The summed E-state index contributed by atoms with van der Waals surface area (Å²) in [6, 6.07) is 8.04. The van der Waals surface area contributed by atoms with Crippen molar-refractivity contribution >= 4 is 35.0 Å². The minimum Gasteiger partial charge on any atom is -0.478 e. The second kappa shape index (κ2) is 18.4. The third-order valence-corrected chi connectivity index (χ3v) is 8.86. The van der Waals surface area contributed by atoms with E-state index in [1.54, 1.807) is 31.5 Å². The number of carbonyl (C=O) groups excluding carboxylic acids is 3. The zero-order valence-electron chi connectivity index (χ0n) is 27.6. The highest BCUT2D eigenvalue weighted by atomic mass is 32.1. The van der Waals surface area contributed by atoms with Gasteiger partial charge in [0.05, 0.1) is 12.6 Å². The molecule has 2 unspecified atom stereocenters. The molecule has 0 aliphatic heterocycles. The number of benzene rings is 1. The minimum atomic E-state index is -1.06. The summed E-state index contributed by atoms with van der Waals surface area (Å²) in [5.41, 5.74) is 1.28. The maximum absolute atomic E-state index is 13.7. The predicted octanol–water partition coefficient (Wildman–Crippen LogP) is 3.83. The summed E-state index contributed by atoms with van der Waals surface area (Å²) in [4.78, 5) is 57.1. The molecule has 4 N–H and O–H groups in total. The van der Waals surface area contributed by atoms with Crippen LogP contribution in [0.4, 0.5) is 0 Å². The molecule has 1 aromatic carbocycles. The highest BCUT2D eigenvalue weighted by molar-refractivity contribution is 7.09. The fourth-order valence-electron chi connectivity index (χ4n) is 5.02. The van der Waals surface area contributed by atoms with Gasteiger partial charge < -0.3 is 30.7 Å². The van der Waals surface area contributed by atoms with Crippen LogP contribution in [0.3, 0.4) is 0 Å². The first-order valence-electron chi connectivity index (χ1n) is 15.3. The predicted molar refractivity (Wildman–Crippen MR) is 176 cm³/mol. The minimum absolute atomic E-state index is 0.0629. The van der Waals surface area contributed by atoms with Crippen molar-refractivity contribution < 1.29 is 29.0 Å². The summed E-state index contributed by atoms with van der Waals surface area (Å²) >= 11 is 1.29. The average Bonchev–Trinajstić information content (AvgIpc) is 3.50. The van der Waals surface area contributed by atoms with Crippen LogP contribution < -0.4 is 16.0 Å². The monoisotopic (exact) mass is 643 g/mol. The number of hydrogen-bond acceptors (Lipinski definition) is 8. The van der Waals surface area contributed by atoms with E-state index in [9.17, 15) is 24.3 Å². The highest BCUT2D eigenvalue weighted by Gasteiger charge is 2.34. The Morgan fingerprint density at radius 1 is 1.11 bits per heavy atom. The third-order valence-electron chi connectivity index (χ3n) is 7.92. The molecule has 0 fully saturated rings. The first kappa shape index (κ1) is 37.6. The quantitative estimate of drug-likeness (QED) is 0.179. The molecule has 3 amide bonds. The topological polar surface area (TPSA) is 150 Å². The van der Waals surface area contributed by atoms with Crippen molar-refractivity contribution in [3.63, 3.8) is 0 Å². The van der Waals surface area contributed by atoms with Gasteiger partial charge in [-0.3, -0.25) is 14.4 Å². The second-order valence-electron chi connectivity index (χ2n) is 11.7. The smallest absolute Gasteiger partial charge is 0.331 e. The molecule has 0 radical (unpaired) electrons. The Labute approximate surface area is 270 Å². The zero-order valence-corrected chi connectivity index (χ0v) is 28.4. The Morgan fingerprint density at radius 2 is 1.78 bits per heavy atom. The van der Waals surface area contributed by atoms with Crippen LogP contribution in [-0.2, 0) is 25.5 Å². The van der Waals surface area contributed by atoms with Crippen LogP contribution in [-0.4, -0.2) is 84.6 Å². The van der Waals surface area contributed by atoms with Gasteiger partial charge in [-0.05, 0) is 37.8 Å². The number of carbonyl (C=O) groups is 4. The van der Waals surface area contributed by atoms with E-state index in [-0.39, 0.29) is 47.5 Å². The molecule has 11 nitrogen and oxygen atoms in total. The van der Waals surface area contributed by atoms with Crippen LogP contribution in [0.15, 0.2) is 47.4 Å². The van der Waals surface area contributed by atoms with E-state index in [0.29, 0.717) is 17.8 Å². The number of carboxylic acid groups (broad SMARTS) is 1. The number of thiazole rings is 1. The molecule has 2 aromatic rings. The highest BCUT2D eigenvalue weighted by Crippen LogP contribution is 2.30. The Morgan fingerprint density at radius 3 is 2.33 bits per heavy atom. The van der Waals surface area contributed by atoms with Crippen molar-refractivity contribution in [1.29, 1.82) is 0 Å². The number of amides is 3. The summed E-state index contributed by atoms with van der Waals surface area (Å²) < 4.78 is 5.83. The van der Waals surface area contributed by atoms with E-state index < -0.39 is 30.1 Å². The number of aromatic nitrogens is 1. The maximum atomic E-state index is 13.7. The van der Waals surface area contributed by atoms with E-state index in [4.69, 9.17) is 4.74 Å². The van der Waals surface area contributed by atoms with Crippen LogP contribution >= 0.6 is 11.3 Å². The summed E-state index contributed by atoms with van der Waals surface area (Å²) in [7, 11) is 5.00. The van der Waals surface area contributed by atoms with Gasteiger partial charge in [-0.25, -0.2) is 9.78 Å². The number of nitrogens with one attached hydrogen (secondary N) is 3. The average molecular weight is 644 g/mol. The van der Waals surface area contributed by atoms with Crippen LogP contribution in [0, 0.1) is 11.8 Å². The van der Waals surface area contributed by atoms with Gasteiger partial charge in [-0.15, -0.1) is 11.3 Å². The standard InChI is InChI=1S/C33H49N5O6S/c1-9-21(4)29(37-28(39)18-34-6)32(41)38(7)26(20(2)3)17-27(44-8)31-36-25(19-45-31)30(40)35-24(15-22(5)33(42)43)16-23-13-11-10-12-14-23/h10-15,19-21,24,26-27,29,34H,9,16-18H2,1-8H3,(H,35,40)(H,37,39)(H,42,43)/b22-15+/t21?,24-,26-,27?,29+/m1/s1. The number of likely N-dealkylation sites (N-methyl/N-ethyl adjacent to an activating group) is 2. The van der Waals surface area contributed by atoms with E-state index >= 15 is 0 Å². The molecule has 0 bridgehead atoms. The lowest BCUT2D eigenvalue weighted by Crippen LogP contribution is -2.55. The van der Waals surface area contributed by atoms with Crippen LogP contribution in [0.1, 0.15) is 74.6 Å². The van der Waals surface area contributed by atoms with Gasteiger partial charge in [0.25, 0.3) is 5.91 Å². The molecule has 0 spiro atoms. The summed E-state index contributed by atoms with van der Waals surface area (Å²) in [6.45, 7) is 9.60. The lowest BCUT2D eigenvalue weighted by molar-refractivity contribution is -0.140. The zero-order chi connectivity index (χ0) is 33.7. The Balaban J connectivity index is 2.24. The fraction of sp³-hybridized carbons (Fsp3) is 0.545. The fourth-order valence-corrected chi connectivity index (χ4v) is 5.91. The number of hydrogen-bond donors (Lipinski definition) is 4. The molecule has 0 aliphatic rings. The van der Waals surface area contributed by atoms with Gasteiger partial charge in [0.1, 0.15) is 22.8 Å². The van der Waals surface area contributed by atoms with Crippen LogP contribution in [0.5, 0.6) is 0 Å². The van der Waals surface area contributed by atoms with Crippen molar-refractivity contribution in [3.8, 4) is 0 Å². The van der Waals surface area contributed by atoms with Gasteiger partial charge >= 0.3 is 5.97 Å². The molecule has 0 saturated carbocycles. The number of ether oxygens (including phenoxy) is 1. The first-order chi connectivity index (χ1) is 21.3. The first-order valence-corrected chi connectivity index (χ1v) is 16.2. The van der Waals surface area contributed by atoms with Crippen molar-refractivity contribution in [1.82, 2.24) is 25.8 Å². The number of methoxy groups -OCH3 is 1. The van der Waals surface area contributed by atoms with E-state index in [1.165, 1.54) is 24.3 Å². The second-order valence-corrected chi connectivity index (χ2v) is 12.6. The Hall–Kier alpha value is -3.61. The third kappa shape index (κ3) is 11.4. The molecular formula is C33H49N5O6S. The maximum Gasteiger partial charge on any atom is 0.331 e. The normalized spacial score (nSPS) is 15.1.